The molecule has 4 heterocycles. The van der Waals surface area contributed by atoms with E-state index in [-0.39, 0.29) is 0 Å². The van der Waals surface area contributed by atoms with Gasteiger partial charge in [-0.25, -0.2) is 17.9 Å². The van der Waals surface area contributed by atoms with Crippen LogP contribution in [0.1, 0.15) is 0 Å². The number of aromatic nitrogens is 5. The highest BCUT2D eigenvalue weighted by atomic mass is 32.2. The van der Waals surface area contributed by atoms with Gasteiger partial charge in [-0.05, 0) is 24.3 Å². The molecule has 1 aromatic carbocycles. The summed E-state index contributed by atoms with van der Waals surface area (Å²) in [5, 5.41) is 12.4. The van der Waals surface area contributed by atoms with Crippen LogP contribution in [-0.2, 0) is 21.3 Å². The molecule has 0 atom stereocenters. The number of nitrogens with one attached hydrogen (secondary N) is 2. The standard InChI is InChI=1S/C22H26N8O3S/c1-34(31,32)27-18-4-2-3-17(15-18)20-6-5-19-16-23-22(26-30(19)20)24-21-7-8-29(25-21)10-9-28-11-13-33-14-12-28/h2-8,15-16,27H,9-14H2,1H3,(H,24,25,26). The summed E-state index contributed by atoms with van der Waals surface area (Å²) in [6.45, 7) is 5.19. The number of anilines is 3. The first kappa shape index (κ1) is 22.3. The summed E-state index contributed by atoms with van der Waals surface area (Å²) in [6, 6.07) is 12.9. The third-order valence-electron chi connectivity index (χ3n) is 5.49. The molecule has 0 radical (unpaired) electrons. The van der Waals surface area contributed by atoms with Crippen molar-refractivity contribution in [1.29, 1.82) is 0 Å². The van der Waals surface area contributed by atoms with Crippen LogP contribution in [0.3, 0.4) is 0 Å². The largest absolute Gasteiger partial charge is 0.379 e. The first-order valence-corrected chi connectivity index (χ1v) is 12.9. The summed E-state index contributed by atoms with van der Waals surface area (Å²) in [7, 11) is -3.36. The van der Waals surface area contributed by atoms with Crippen LogP contribution in [0.5, 0.6) is 0 Å². The number of morpholine rings is 1. The van der Waals surface area contributed by atoms with Gasteiger partial charge in [0.25, 0.3) is 0 Å². The van der Waals surface area contributed by atoms with Gasteiger partial charge in [0.15, 0.2) is 5.82 Å². The summed E-state index contributed by atoms with van der Waals surface area (Å²) in [4.78, 5) is 6.76. The monoisotopic (exact) mass is 482 g/mol. The van der Waals surface area contributed by atoms with Crippen LogP contribution < -0.4 is 10.0 Å². The fourth-order valence-corrected chi connectivity index (χ4v) is 4.42. The lowest BCUT2D eigenvalue weighted by Crippen LogP contribution is -2.38. The normalized spacial score (nSPS) is 15.0. The lowest BCUT2D eigenvalue weighted by molar-refractivity contribution is 0.0360. The predicted octanol–water partition coefficient (Wildman–Crippen LogP) is 2.04. The van der Waals surface area contributed by atoms with E-state index in [2.05, 4.69) is 30.1 Å². The number of rotatable bonds is 8. The second kappa shape index (κ2) is 9.41. The summed E-state index contributed by atoms with van der Waals surface area (Å²) < 4.78 is 34.8. The molecule has 3 aromatic heterocycles. The van der Waals surface area contributed by atoms with Crippen molar-refractivity contribution in [2.45, 2.75) is 6.54 Å². The zero-order valence-electron chi connectivity index (χ0n) is 18.8. The second-order valence-corrected chi connectivity index (χ2v) is 9.88. The number of hydrogen-bond donors (Lipinski definition) is 2. The molecule has 0 unspecified atom stereocenters. The highest BCUT2D eigenvalue weighted by molar-refractivity contribution is 7.92. The molecule has 4 aromatic rings. The van der Waals surface area contributed by atoms with E-state index in [0.29, 0.717) is 17.5 Å². The summed E-state index contributed by atoms with van der Waals surface area (Å²) in [6.07, 6.45) is 4.79. The number of benzene rings is 1. The minimum atomic E-state index is -3.36. The Morgan fingerprint density at radius 3 is 2.74 bits per heavy atom. The van der Waals surface area contributed by atoms with Crippen LogP contribution in [-0.4, -0.2) is 76.8 Å². The molecular formula is C22H26N8O3S. The van der Waals surface area contributed by atoms with Crippen molar-refractivity contribution in [3.05, 3.63) is 54.9 Å². The average molecular weight is 483 g/mol. The fourth-order valence-electron chi connectivity index (χ4n) is 3.87. The van der Waals surface area contributed by atoms with E-state index in [1.165, 1.54) is 0 Å². The molecule has 1 saturated heterocycles. The molecule has 2 N–H and O–H groups in total. The highest BCUT2D eigenvalue weighted by Crippen LogP contribution is 2.25. The third-order valence-corrected chi connectivity index (χ3v) is 6.10. The minimum Gasteiger partial charge on any atom is -0.379 e. The maximum absolute atomic E-state index is 11.6. The van der Waals surface area contributed by atoms with E-state index < -0.39 is 10.0 Å². The minimum absolute atomic E-state index is 0.411. The van der Waals surface area contributed by atoms with Crippen molar-refractivity contribution in [2.24, 2.45) is 0 Å². The van der Waals surface area contributed by atoms with E-state index in [4.69, 9.17) is 4.74 Å². The zero-order valence-corrected chi connectivity index (χ0v) is 19.6. The molecule has 0 amide bonds. The van der Waals surface area contributed by atoms with Gasteiger partial charge >= 0.3 is 0 Å². The number of sulfonamides is 1. The van der Waals surface area contributed by atoms with Gasteiger partial charge < -0.3 is 10.1 Å². The van der Waals surface area contributed by atoms with Crippen LogP contribution in [0, 0.1) is 0 Å². The van der Waals surface area contributed by atoms with Gasteiger partial charge in [-0.2, -0.15) is 5.10 Å². The van der Waals surface area contributed by atoms with Crippen molar-refractivity contribution in [3.8, 4) is 11.3 Å². The Morgan fingerprint density at radius 2 is 1.91 bits per heavy atom. The molecule has 1 fully saturated rings. The van der Waals surface area contributed by atoms with Crippen molar-refractivity contribution < 1.29 is 13.2 Å². The Hall–Kier alpha value is -3.48. The van der Waals surface area contributed by atoms with Crippen LogP contribution >= 0.6 is 0 Å². The smallest absolute Gasteiger partial charge is 0.246 e. The molecule has 1 aliphatic heterocycles. The average Bonchev–Trinajstić information content (AvgIpc) is 3.44. The Labute approximate surface area is 197 Å². The van der Waals surface area contributed by atoms with Gasteiger partial charge in [0.2, 0.25) is 16.0 Å². The first-order valence-electron chi connectivity index (χ1n) is 11.0. The molecule has 0 spiro atoms. The summed E-state index contributed by atoms with van der Waals surface area (Å²) in [5.41, 5.74) is 2.95. The number of hydrogen-bond acceptors (Lipinski definition) is 8. The van der Waals surface area contributed by atoms with E-state index in [0.717, 1.165) is 62.4 Å². The Balaban J connectivity index is 1.32. The molecule has 178 valence electrons. The van der Waals surface area contributed by atoms with Gasteiger partial charge in [0.05, 0.1) is 43.4 Å². The second-order valence-electron chi connectivity index (χ2n) is 8.14. The van der Waals surface area contributed by atoms with Gasteiger partial charge in [0.1, 0.15) is 0 Å². The van der Waals surface area contributed by atoms with Crippen molar-refractivity contribution in [3.63, 3.8) is 0 Å². The molecule has 0 aliphatic carbocycles. The van der Waals surface area contributed by atoms with Gasteiger partial charge in [0, 0.05) is 43.1 Å². The van der Waals surface area contributed by atoms with Gasteiger partial charge in [-0.1, -0.05) is 12.1 Å². The first-order chi connectivity index (χ1) is 16.4. The Kier molecular flexibility index (Phi) is 6.18. The van der Waals surface area contributed by atoms with Crippen LogP contribution in [0.2, 0.25) is 0 Å². The maximum Gasteiger partial charge on any atom is 0.246 e. The van der Waals surface area contributed by atoms with E-state index >= 15 is 0 Å². The molecule has 12 heteroatoms. The Morgan fingerprint density at radius 1 is 1.06 bits per heavy atom. The zero-order chi connectivity index (χ0) is 23.5. The van der Waals surface area contributed by atoms with Gasteiger partial charge in [-0.15, -0.1) is 5.10 Å². The number of ether oxygens (including phenoxy) is 1. The molecule has 34 heavy (non-hydrogen) atoms. The van der Waals surface area contributed by atoms with Crippen molar-refractivity contribution in [1.82, 2.24) is 29.3 Å². The lowest BCUT2D eigenvalue weighted by Gasteiger charge is -2.26. The van der Waals surface area contributed by atoms with Crippen molar-refractivity contribution >= 4 is 33.0 Å². The molecule has 1 aliphatic rings. The highest BCUT2D eigenvalue weighted by Gasteiger charge is 2.12. The Bertz CT molecular complexity index is 1390. The van der Waals surface area contributed by atoms with Crippen LogP contribution in [0.15, 0.2) is 54.9 Å². The molecule has 0 bridgehead atoms. The maximum atomic E-state index is 11.6. The van der Waals surface area contributed by atoms with E-state index in [9.17, 15) is 8.42 Å². The number of nitrogens with zero attached hydrogens (tertiary/aromatic N) is 6. The number of fused-ring (bicyclic) bond motifs is 1. The topological polar surface area (TPSA) is 119 Å². The lowest BCUT2D eigenvalue weighted by atomic mass is 10.1. The molecule has 0 saturated carbocycles. The fraction of sp³-hybridized carbons (Fsp3) is 0.318. The van der Waals surface area contributed by atoms with Gasteiger partial charge in [-0.3, -0.25) is 14.3 Å². The predicted molar refractivity (Wildman–Crippen MR) is 130 cm³/mol. The van der Waals surface area contributed by atoms with Crippen molar-refractivity contribution in [2.75, 3.05) is 49.1 Å². The molecule has 5 rings (SSSR count). The quantitative estimate of drug-likeness (QED) is 0.392. The third kappa shape index (κ3) is 5.35. The van der Waals surface area contributed by atoms with Crippen LogP contribution in [0.25, 0.3) is 16.8 Å². The summed E-state index contributed by atoms with van der Waals surface area (Å²) >= 11 is 0. The van der Waals surface area contributed by atoms with Crippen LogP contribution in [0.4, 0.5) is 17.5 Å². The summed E-state index contributed by atoms with van der Waals surface area (Å²) in [5.74, 6) is 1.07. The molecule has 11 nitrogen and oxygen atoms in total. The molecular weight excluding hydrogens is 456 g/mol. The van der Waals surface area contributed by atoms with E-state index in [1.54, 1.807) is 28.9 Å². The van der Waals surface area contributed by atoms with E-state index in [1.807, 2.05) is 35.1 Å². The SMILES string of the molecule is CS(=O)(=O)Nc1cccc(-c2ccc3cnc(Nc4ccn(CCN5CCOCC5)n4)nn23)c1.